The first kappa shape index (κ1) is 9.32. The van der Waals surface area contributed by atoms with Gasteiger partial charge in [0.1, 0.15) is 6.04 Å². The van der Waals surface area contributed by atoms with Gasteiger partial charge in [0.25, 0.3) is 0 Å². The average Bonchev–Trinajstić information content (AvgIpc) is 2.66. The largest absolute Gasteiger partial charge is 0.235 e. The Bertz CT molecular complexity index is 548. The molecule has 0 amide bonds. The van der Waals surface area contributed by atoms with E-state index in [-0.39, 0.29) is 6.04 Å². The molecule has 78 valence electrons. The van der Waals surface area contributed by atoms with Crippen LogP contribution in [-0.4, -0.2) is 6.08 Å². The molecule has 16 heavy (non-hydrogen) atoms. The third-order valence-electron chi connectivity index (χ3n) is 3.27. The van der Waals surface area contributed by atoms with Gasteiger partial charge in [-0.2, -0.15) is 4.99 Å². The molecule has 2 heteroatoms. The van der Waals surface area contributed by atoms with E-state index in [1.165, 1.54) is 16.7 Å². The number of rotatable bonds is 1. The molecule has 1 unspecified atom stereocenters. The third-order valence-corrected chi connectivity index (χ3v) is 3.27. The van der Waals surface area contributed by atoms with Crippen LogP contribution < -0.4 is 0 Å². The van der Waals surface area contributed by atoms with E-state index in [2.05, 4.69) is 23.2 Å². The van der Waals surface area contributed by atoms with Gasteiger partial charge >= 0.3 is 0 Å². The van der Waals surface area contributed by atoms with E-state index >= 15 is 0 Å². The molecule has 1 aromatic rings. The predicted octanol–water partition coefficient (Wildman–Crippen LogP) is 3.18. The number of allylic oxidation sites excluding steroid dienone is 3. The van der Waals surface area contributed by atoms with Gasteiger partial charge in [-0.15, -0.1) is 0 Å². The summed E-state index contributed by atoms with van der Waals surface area (Å²) in [6.45, 7) is 0. The Kier molecular flexibility index (Phi) is 2.09. The summed E-state index contributed by atoms with van der Waals surface area (Å²) in [4.78, 5) is 14.5. The first-order valence-electron chi connectivity index (χ1n) is 5.47. The first-order chi connectivity index (χ1) is 7.92. The smallest absolute Gasteiger partial charge is 0.211 e. The third kappa shape index (κ3) is 1.21. The summed E-state index contributed by atoms with van der Waals surface area (Å²) < 4.78 is 0. The predicted molar refractivity (Wildman–Crippen MR) is 62.6 cm³/mol. The molecule has 0 N–H and O–H groups in total. The number of fused-ring (bicyclic) bond motifs is 2. The number of benzene rings is 1. The van der Waals surface area contributed by atoms with Gasteiger partial charge in [-0.25, -0.2) is 4.79 Å². The Hall–Kier alpha value is -1.92. The normalized spacial score (nSPS) is 21.4. The van der Waals surface area contributed by atoms with Gasteiger partial charge in [-0.05, 0) is 35.1 Å². The van der Waals surface area contributed by atoms with Gasteiger partial charge in [0.15, 0.2) is 0 Å². The summed E-state index contributed by atoms with van der Waals surface area (Å²) in [6.07, 6.45) is 8.07. The molecule has 0 radical (unpaired) electrons. The van der Waals surface area contributed by atoms with Crippen LogP contribution >= 0.6 is 0 Å². The topological polar surface area (TPSA) is 29.4 Å². The van der Waals surface area contributed by atoms with Crippen LogP contribution in [0.15, 0.2) is 47.0 Å². The Balaban J connectivity index is 2.23. The van der Waals surface area contributed by atoms with E-state index in [0.29, 0.717) is 0 Å². The Labute approximate surface area is 94.0 Å². The molecular formula is C14H11NO. The molecule has 0 bridgehead atoms. The maximum absolute atomic E-state index is 10.5. The zero-order chi connectivity index (χ0) is 11.0. The second kappa shape index (κ2) is 3.58. The van der Waals surface area contributed by atoms with Crippen molar-refractivity contribution in [3.05, 3.63) is 53.1 Å². The number of hydrogen-bond acceptors (Lipinski definition) is 2. The van der Waals surface area contributed by atoms with Crippen LogP contribution in [0.3, 0.4) is 0 Å². The molecule has 1 atom stereocenters. The molecule has 0 aliphatic heterocycles. The van der Waals surface area contributed by atoms with Crippen LogP contribution in [0.1, 0.15) is 30.0 Å². The minimum atomic E-state index is -0.0892. The van der Waals surface area contributed by atoms with E-state index in [0.717, 1.165) is 18.4 Å². The molecule has 0 fully saturated rings. The number of hydrogen-bond donors (Lipinski definition) is 0. The van der Waals surface area contributed by atoms with Gasteiger partial charge in [0, 0.05) is 0 Å². The molecule has 2 aliphatic carbocycles. The lowest BCUT2D eigenvalue weighted by Gasteiger charge is -2.11. The van der Waals surface area contributed by atoms with Gasteiger partial charge in [-0.3, -0.25) is 0 Å². The second-order valence-electron chi connectivity index (χ2n) is 4.09. The highest BCUT2D eigenvalue weighted by molar-refractivity contribution is 5.85. The van der Waals surface area contributed by atoms with Crippen molar-refractivity contribution in [1.82, 2.24) is 0 Å². The zero-order valence-corrected chi connectivity index (χ0v) is 8.81. The fraction of sp³-hybridized carbons (Fsp3) is 0.214. The zero-order valence-electron chi connectivity index (χ0n) is 8.81. The van der Waals surface area contributed by atoms with Gasteiger partial charge in [0.05, 0.1) is 0 Å². The van der Waals surface area contributed by atoms with Crippen LogP contribution in [0.4, 0.5) is 0 Å². The summed E-state index contributed by atoms with van der Waals surface area (Å²) in [7, 11) is 0. The average molecular weight is 209 g/mol. The molecule has 0 saturated carbocycles. The molecule has 1 aromatic carbocycles. The summed E-state index contributed by atoms with van der Waals surface area (Å²) in [5.74, 6) is 0. The lowest BCUT2D eigenvalue weighted by molar-refractivity contribution is 0.560. The van der Waals surface area contributed by atoms with E-state index in [1.807, 2.05) is 18.2 Å². The van der Waals surface area contributed by atoms with Crippen molar-refractivity contribution in [2.75, 3.05) is 0 Å². The van der Waals surface area contributed by atoms with Crippen molar-refractivity contribution in [2.45, 2.75) is 18.9 Å². The lowest BCUT2D eigenvalue weighted by Crippen LogP contribution is -1.96. The molecular weight excluding hydrogens is 198 g/mol. The highest BCUT2D eigenvalue weighted by atomic mass is 16.1. The van der Waals surface area contributed by atoms with Crippen LogP contribution in [-0.2, 0) is 4.79 Å². The molecule has 0 aromatic heterocycles. The van der Waals surface area contributed by atoms with Crippen molar-refractivity contribution in [3.63, 3.8) is 0 Å². The second-order valence-corrected chi connectivity index (χ2v) is 4.09. The summed E-state index contributed by atoms with van der Waals surface area (Å²) in [5, 5.41) is 0. The fourth-order valence-corrected chi connectivity index (χ4v) is 2.60. The molecule has 2 aliphatic rings. The van der Waals surface area contributed by atoms with E-state index in [9.17, 15) is 4.79 Å². The van der Waals surface area contributed by atoms with Crippen molar-refractivity contribution < 1.29 is 4.79 Å². The fourth-order valence-electron chi connectivity index (χ4n) is 2.60. The number of carbonyl (C=O) groups excluding carboxylic acids is 1. The SMILES string of the molecule is O=C=NC1C2=C(C=CCC2)c2ccccc21. The van der Waals surface area contributed by atoms with Crippen LogP contribution in [0.2, 0.25) is 0 Å². The van der Waals surface area contributed by atoms with Crippen LogP contribution in [0.25, 0.3) is 5.57 Å². The van der Waals surface area contributed by atoms with Crippen molar-refractivity contribution >= 4 is 11.7 Å². The number of isocyanates is 1. The molecule has 2 nitrogen and oxygen atoms in total. The van der Waals surface area contributed by atoms with Crippen LogP contribution in [0.5, 0.6) is 0 Å². The maximum Gasteiger partial charge on any atom is 0.235 e. The number of nitrogens with zero attached hydrogens (tertiary/aromatic N) is 1. The minimum Gasteiger partial charge on any atom is -0.211 e. The maximum atomic E-state index is 10.5. The molecule has 0 saturated heterocycles. The van der Waals surface area contributed by atoms with Gasteiger partial charge < -0.3 is 0 Å². The van der Waals surface area contributed by atoms with E-state index in [4.69, 9.17) is 0 Å². The van der Waals surface area contributed by atoms with Gasteiger partial charge in [-0.1, -0.05) is 36.4 Å². The van der Waals surface area contributed by atoms with Crippen molar-refractivity contribution in [2.24, 2.45) is 4.99 Å². The minimum absolute atomic E-state index is 0.0892. The number of aliphatic imine (C=N–C) groups is 1. The van der Waals surface area contributed by atoms with Gasteiger partial charge in [0.2, 0.25) is 6.08 Å². The summed E-state index contributed by atoms with van der Waals surface area (Å²) >= 11 is 0. The Morgan fingerprint density at radius 1 is 1.31 bits per heavy atom. The Morgan fingerprint density at radius 2 is 2.19 bits per heavy atom. The van der Waals surface area contributed by atoms with E-state index in [1.54, 1.807) is 6.08 Å². The summed E-state index contributed by atoms with van der Waals surface area (Å²) in [6, 6.07) is 8.08. The monoisotopic (exact) mass is 209 g/mol. The van der Waals surface area contributed by atoms with Crippen molar-refractivity contribution in [3.8, 4) is 0 Å². The highest BCUT2D eigenvalue weighted by Gasteiger charge is 2.30. The van der Waals surface area contributed by atoms with Crippen molar-refractivity contribution in [1.29, 1.82) is 0 Å². The molecule has 3 rings (SSSR count). The lowest BCUT2D eigenvalue weighted by atomic mass is 9.96. The summed E-state index contributed by atoms with van der Waals surface area (Å²) in [5.41, 5.74) is 4.89. The molecule has 0 heterocycles. The Morgan fingerprint density at radius 3 is 3.06 bits per heavy atom. The highest BCUT2D eigenvalue weighted by Crippen LogP contribution is 2.46. The quantitative estimate of drug-likeness (QED) is 0.516. The van der Waals surface area contributed by atoms with E-state index < -0.39 is 0 Å². The standard InChI is InChI=1S/C14H11NO/c16-9-15-14-12-7-3-1-5-10(12)11-6-2-4-8-13(11)14/h1-3,5-7,14H,4,8H2. The van der Waals surface area contributed by atoms with Crippen LogP contribution in [0, 0.1) is 0 Å². The first-order valence-corrected chi connectivity index (χ1v) is 5.47. The molecule has 0 spiro atoms.